The Bertz CT molecular complexity index is 1040. The average molecular weight is 481 g/mol. The van der Waals surface area contributed by atoms with Crippen molar-refractivity contribution < 1.29 is 4.79 Å². The fraction of sp³-hybridized carbons (Fsp3) is 0.261. The molecule has 1 amide bonds. The topological polar surface area (TPSA) is 96.2 Å². The van der Waals surface area contributed by atoms with Crippen molar-refractivity contribution in [2.75, 3.05) is 29.1 Å². The zero-order chi connectivity index (χ0) is 21.6. The minimum atomic E-state index is -0.284. The normalized spacial score (nSPS) is 14.3. The Morgan fingerprint density at radius 1 is 1.06 bits per heavy atom. The minimum absolute atomic E-state index is 0.284. The summed E-state index contributed by atoms with van der Waals surface area (Å²) in [6, 6.07) is 17.8. The molecular weight excluding hydrogens is 456 g/mol. The minimum Gasteiger partial charge on any atom is -0.393 e. The van der Waals surface area contributed by atoms with E-state index in [0.29, 0.717) is 33.3 Å². The molecule has 0 bridgehead atoms. The number of nitrogens with two attached hydrogens (primary N) is 1. The first-order chi connectivity index (χ1) is 15.1. The first kappa shape index (κ1) is 21.1. The third-order valence-corrected chi connectivity index (χ3v) is 6.25. The van der Waals surface area contributed by atoms with E-state index in [1.165, 1.54) is 11.9 Å². The van der Waals surface area contributed by atoms with E-state index in [1.54, 1.807) is 12.1 Å². The third kappa shape index (κ3) is 5.14. The molecule has 8 heteroatoms. The Morgan fingerprint density at radius 2 is 1.77 bits per heavy atom. The lowest BCUT2D eigenvalue weighted by molar-refractivity contribution is 0.0961. The van der Waals surface area contributed by atoms with Crippen molar-refractivity contribution in [2.24, 2.45) is 5.92 Å². The number of hydrogen-bond acceptors (Lipinski definition) is 6. The summed E-state index contributed by atoms with van der Waals surface area (Å²) >= 11 is 3.38. The number of carbonyl (C=O) groups is 1. The Kier molecular flexibility index (Phi) is 6.66. The van der Waals surface area contributed by atoms with E-state index in [1.807, 2.05) is 12.1 Å². The predicted molar refractivity (Wildman–Crippen MR) is 127 cm³/mol. The number of nitrogen functional groups attached to an aromatic ring is 1. The van der Waals surface area contributed by atoms with E-state index in [9.17, 15) is 4.79 Å². The molecule has 0 unspecified atom stereocenters. The maximum atomic E-state index is 12.4. The van der Waals surface area contributed by atoms with Crippen LogP contribution in [0.3, 0.4) is 0 Å². The zero-order valence-electron chi connectivity index (χ0n) is 17.1. The van der Waals surface area contributed by atoms with Crippen molar-refractivity contribution in [3.8, 4) is 0 Å². The lowest BCUT2D eigenvalue weighted by Gasteiger charge is -2.33. The van der Waals surface area contributed by atoms with Crippen LogP contribution in [0.4, 0.5) is 17.3 Å². The fourth-order valence-corrected chi connectivity index (χ4v) is 4.33. The Hall–Kier alpha value is -3.13. The number of hydrazine groups is 1. The van der Waals surface area contributed by atoms with Gasteiger partial charge in [-0.15, -0.1) is 0 Å². The Balaban J connectivity index is 1.37. The zero-order valence-corrected chi connectivity index (χ0v) is 18.7. The number of benzene rings is 2. The van der Waals surface area contributed by atoms with Gasteiger partial charge in [0.2, 0.25) is 0 Å². The van der Waals surface area contributed by atoms with Crippen molar-refractivity contribution >= 4 is 39.2 Å². The molecule has 4 N–H and O–H groups in total. The Labute approximate surface area is 190 Å². The van der Waals surface area contributed by atoms with Crippen LogP contribution in [0.15, 0.2) is 65.4 Å². The van der Waals surface area contributed by atoms with Crippen LogP contribution in [0.25, 0.3) is 0 Å². The number of anilines is 3. The summed E-state index contributed by atoms with van der Waals surface area (Å²) in [5.41, 5.74) is 14.2. The SMILES string of the molecule is Nc1c(NNC(=O)c2ccccc2Br)ncnc1N1CCC(Cc2ccccc2)CC1. The summed E-state index contributed by atoms with van der Waals surface area (Å²) in [6.07, 6.45) is 4.73. The van der Waals surface area contributed by atoms with Crippen LogP contribution >= 0.6 is 15.9 Å². The lowest BCUT2D eigenvalue weighted by Crippen LogP contribution is -2.36. The molecule has 1 fully saturated rings. The molecule has 2 heterocycles. The number of aromatic nitrogens is 2. The van der Waals surface area contributed by atoms with Gasteiger partial charge in [-0.05, 0) is 58.8 Å². The number of nitrogens with zero attached hydrogens (tertiary/aromatic N) is 3. The maximum absolute atomic E-state index is 12.4. The lowest BCUT2D eigenvalue weighted by atomic mass is 9.90. The van der Waals surface area contributed by atoms with Gasteiger partial charge in [-0.1, -0.05) is 42.5 Å². The van der Waals surface area contributed by atoms with E-state index in [4.69, 9.17) is 5.73 Å². The molecule has 0 saturated carbocycles. The standard InChI is InChI=1S/C23H25BrN6O/c24-19-9-5-4-8-18(19)23(31)29-28-21-20(25)22(27-15-26-21)30-12-10-17(11-13-30)14-16-6-2-1-3-7-16/h1-9,15,17H,10-14,25H2,(H,29,31)(H,26,27,28). The van der Waals surface area contributed by atoms with Crippen molar-refractivity contribution in [3.05, 3.63) is 76.5 Å². The number of nitrogens with one attached hydrogen (secondary N) is 2. The molecule has 1 aliphatic rings. The van der Waals surface area contributed by atoms with Crippen LogP contribution in [0, 0.1) is 5.92 Å². The first-order valence-electron chi connectivity index (χ1n) is 10.3. The third-order valence-electron chi connectivity index (χ3n) is 5.56. The molecule has 0 radical (unpaired) electrons. The highest BCUT2D eigenvalue weighted by Gasteiger charge is 2.23. The maximum Gasteiger partial charge on any atom is 0.270 e. The quantitative estimate of drug-likeness (QED) is 0.460. The summed E-state index contributed by atoms with van der Waals surface area (Å²) in [7, 11) is 0. The highest BCUT2D eigenvalue weighted by molar-refractivity contribution is 9.10. The second-order valence-corrected chi connectivity index (χ2v) is 8.49. The molecule has 1 aromatic heterocycles. The van der Waals surface area contributed by atoms with Crippen LogP contribution in [-0.4, -0.2) is 29.0 Å². The summed E-state index contributed by atoms with van der Waals surface area (Å²) in [4.78, 5) is 23.2. The van der Waals surface area contributed by atoms with Crippen LogP contribution in [0.5, 0.6) is 0 Å². The molecule has 1 aliphatic heterocycles. The number of amides is 1. The second-order valence-electron chi connectivity index (χ2n) is 7.64. The number of piperidine rings is 1. The number of halogens is 1. The van der Waals surface area contributed by atoms with Gasteiger partial charge in [-0.25, -0.2) is 9.97 Å². The van der Waals surface area contributed by atoms with Crippen LogP contribution < -0.4 is 21.5 Å². The van der Waals surface area contributed by atoms with Gasteiger partial charge in [0.25, 0.3) is 5.91 Å². The smallest absolute Gasteiger partial charge is 0.270 e. The molecule has 0 spiro atoms. The summed E-state index contributed by atoms with van der Waals surface area (Å²) in [6.45, 7) is 1.78. The van der Waals surface area contributed by atoms with Crippen LogP contribution in [0.2, 0.25) is 0 Å². The van der Waals surface area contributed by atoms with Gasteiger partial charge in [0.1, 0.15) is 12.0 Å². The van der Waals surface area contributed by atoms with E-state index >= 15 is 0 Å². The highest BCUT2D eigenvalue weighted by Crippen LogP contribution is 2.30. The molecule has 2 aromatic carbocycles. The molecule has 0 atom stereocenters. The molecule has 4 rings (SSSR count). The van der Waals surface area contributed by atoms with Gasteiger partial charge in [-0.3, -0.25) is 15.6 Å². The second kappa shape index (κ2) is 9.78. The van der Waals surface area contributed by atoms with E-state index in [0.717, 1.165) is 32.4 Å². The van der Waals surface area contributed by atoms with Crippen molar-refractivity contribution in [1.82, 2.24) is 15.4 Å². The molecular formula is C23H25BrN6O. The van der Waals surface area contributed by atoms with Crippen molar-refractivity contribution in [2.45, 2.75) is 19.3 Å². The molecule has 160 valence electrons. The summed E-state index contributed by atoms with van der Waals surface area (Å²) in [5, 5.41) is 0. The molecule has 0 aliphatic carbocycles. The number of rotatable bonds is 6. The number of carbonyl (C=O) groups excluding carboxylic acids is 1. The van der Waals surface area contributed by atoms with Gasteiger partial charge in [0.05, 0.1) is 5.56 Å². The van der Waals surface area contributed by atoms with E-state index < -0.39 is 0 Å². The van der Waals surface area contributed by atoms with E-state index in [2.05, 4.69) is 72.0 Å². The molecule has 7 nitrogen and oxygen atoms in total. The van der Waals surface area contributed by atoms with Crippen LogP contribution in [-0.2, 0) is 6.42 Å². The predicted octanol–water partition coefficient (Wildman–Crippen LogP) is 4.04. The Morgan fingerprint density at radius 3 is 2.52 bits per heavy atom. The van der Waals surface area contributed by atoms with Gasteiger partial charge in [-0.2, -0.15) is 0 Å². The average Bonchev–Trinajstić information content (AvgIpc) is 2.80. The summed E-state index contributed by atoms with van der Waals surface area (Å²) < 4.78 is 0.712. The summed E-state index contributed by atoms with van der Waals surface area (Å²) in [5.74, 6) is 1.46. The van der Waals surface area contributed by atoms with E-state index in [-0.39, 0.29) is 5.91 Å². The van der Waals surface area contributed by atoms with Crippen molar-refractivity contribution in [1.29, 1.82) is 0 Å². The molecule has 31 heavy (non-hydrogen) atoms. The van der Waals surface area contributed by atoms with Crippen LogP contribution in [0.1, 0.15) is 28.8 Å². The first-order valence-corrected chi connectivity index (χ1v) is 11.1. The largest absolute Gasteiger partial charge is 0.393 e. The monoisotopic (exact) mass is 480 g/mol. The number of hydrogen-bond donors (Lipinski definition) is 3. The van der Waals surface area contributed by atoms with Gasteiger partial charge in [0.15, 0.2) is 11.6 Å². The van der Waals surface area contributed by atoms with Gasteiger partial charge < -0.3 is 10.6 Å². The van der Waals surface area contributed by atoms with Gasteiger partial charge in [0, 0.05) is 17.6 Å². The molecule has 3 aromatic rings. The molecule has 1 saturated heterocycles. The van der Waals surface area contributed by atoms with Gasteiger partial charge >= 0.3 is 0 Å². The highest BCUT2D eigenvalue weighted by atomic mass is 79.9. The van der Waals surface area contributed by atoms with Crippen molar-refractivity contribution in [3.63, 3.8) is 0 Å². The fourth-order valence-electron chi connectivity index (χ4n) is 3.86.